The number of carbonyl (C=O) groups is 2. The number of hydrogen-bond donors (Lipinski definition) is 2. The molecule has 1 saturated heterocycles. The van der Waals surface area contributed by atoms with E-state index in [2.05, 4.69) is 10.6 Å². The lowest BCUT2D eigenvalue weighted by atomic mass is 10.1. The van der Waals surface area contributed by atoms with E-state index in [-0.39, 0.29) is 18.7 Å². The van der Waals surface area contributed by atoms with Crippen molar-refractivity contribution in [1.82, 2.24) is 5.32 Å². The highest BCUT2D eigenvalue weighted by molar-refractivity contribution is 6.32. The second kappa shape index (κ2) is 6.18. The molecule has 1 fully saturated rings. The molecule has 0 unspecified atom stereocenters. The topological polar surface area (TPSA) is 79.9 Å². The van der Waals surface area contributed by atoms with Crippen LogP contribution in [0.4, 0.5) is 16.2 Å². The number of ether oxygens (including phenoxy) is 2. The Morgan fingerprint density at radius 3 is 2.92 bits per heavy atom. The molecule has 0 aromatic heterocycles. The molecule has 2 heterocycles. The molecule has 128 valence electrons. The average Bonchev–Trinajstić information content (AvgIpc) is 3.24. The average molecular weight is 360 g/mol. The van der Waals surface area contributed by atoms with Crippen molar-refractivity contribution in [3.8, 4) is 11.5 Å². The zero-order valence-corrected chi connectivity index (χ0v) is 13.8. The maximum Gasteiger partial charge on any atom is 0.321 e. The van der Waals surface area contributed by atoms with Crippen LogP contribution in [0.1, 0.15) is 10.4 Å². The zero-order chi connectivity index (χ0) is 17.4. The first kappa shape index (κ1) is 15.6. The normalized spacial score (nSPS) is 15.2. The van der Waals surface area contributed by atoms with Gasteiger partial charge >= 0.3 is 6.03 Å². The van der Waals surface area contributed by atoms with Crippen molar-refractivity contribution in [2.75, 3.05) is 30.1 Å². The molecule has 0 radical (unpaired) electrons. The quantitative estimate of drug-likeness (QED) is 0.883. The number of hydrogen-bond acceptors (Lipinski definition) is 4. The number of nitrogens with one attached hydrogen (secondary N) is 2. The summed E-state index contributed by atoms with van der Waals surface area (Å²) in [5.41, 5.74) is 1.66. The van der Waals surface area contributed by atoms with Gasteiger partial charge in [-0.2, -0.15) is 0 Å². The van der Waals surface area contributed by atoms with Crippen molar-refractivity contribution in [3.63, 3.8) is 0 Å². The summed E-state index contributed by atoms with van der Waals surface area (Å²) in [5.74, 6) is 0.559. The Bertz CT molecular complexity index is 871. The summed E-state index contributed by atoms with van der Waals surface area (Å²) in [6.07, 6.45) is 0. The maximum atomic E-state index is 12.5. The van der Waals surface area contributed by atoms with Gasteiger partial charge in [0.2, 0.25) is 6.79 Å². The molecule has 0 atom stereocenters. The van der Waals surface area contributed by atoms with Gasteiger partial charge in [0.15, 0.2) is 11.5 Å². The molecule has 2 N–H and O–H groups in total. The van der Waals surface area contributed by atoms with Crippen molar-refractivity contribution < 1.29 is 19.1 Å². The lowest BCUT2D eigenvalue weighted by Crippen LogP contribution is -2.27. The SMILES string of the molecule is O=C(Nc1cccc(N2CCNC2=O)c1)c1cc(Cl)c2c(c1)OCO2. The third-order valence-corrected chi connectivity index (χ3v) is 4.24. The summed E-state index contributed by atoms with van der Waals surface area (Å²) in [6.45, 7) is 1.28. The van der Waals surface area contributed by atoms with E-state index in [1.807, 2.05) is 6.07 Å². The molecule has 2 aliphatic heterocycles. The second-order valence-electron chi connectivity index (χ2n) is 5.58. The van der Waals surface area contributed by atoms with Crippen molar-refractivity contribution >= 4 is 34.9 Å². The van der Waals surface area contributed by atoms with Crippen LogP contribution in [0, 0.1) is 0 Å². The Kier molecular flexibility index (Phi) is 3.85. The molecule has 2 aromatic carbocycles. The predicted molar refractivity (Wildman–Crippen MR) is 92.7 cm³/mol. The van der Waals surface area contributed by atoms with Crippen molar-refractivity contribution in [2.24, 2.45) is 0 Å². The summed E-state index contributed by atoms with van der Waals surface area (Å²) in [4.78, 5) is 25.9. The number of benzene rings is 2. The maximum absolute atomic E-state index is 12.5. The number of rotatable bonds is 3. The van der Waals surface area contributed by atoms with Gasteiger partial charge < -0.3 is 20.1 Å². The minimum atomic E-state index is -0.330. The van der Waals surface area contributed by atoms with E-state index >= 15 is 0 Å². The predicted octanol–water partition coefficient (Wildman–Crippen LogP) is 2.85. The Balaban J connectivity index is 1.55. The monoisotopic (exact) mass is 359 g/mol. The number of carbonyl (C=O) groups excluding carboxylic acids is 2. The molecule has 3 amide bonds. The summed E-state index contributed by atoms with van der Waals surface area (Å²) in [5, 5.41) is 5.87. The van der Waals surface area contributed by atoms with Gasteiger partial charge in [0.25, 0.3) is 5.91 Å². The molecule has 2 aromatic rings. The number of anilines is 2. The summed E-state index contributed by atoms with van der Waals surface area (Å²) >= 11 is 6.11. The molecule has 0 bridgehead atoms. The Morgan fingerprint density at radius 2 is 2.12 bits per heavy atom. The van der Waals surface area contributed by atoms with Gasteiger partial charge in [0.1, 0.15) is 0 Å². The van der Waals surface area contributed by atoms with Crippen LogP contribution in [-0.4, -0.2) is 31.8 Å². The van der Waals surface area contributed by atoms with Crippen LogP contribution < -0.4 is 25.0 Å². The van der Waals surface area contributed by atoms with E-state index in [0.717, 1.165) is 5.69 Å². The summed E-state index contributed by atoms with van der Waals surface area (Å²) in [7, 11) is 0. The molecule has 0 spiro atoms. The molecular weight excluding hydrogens is 346 g/mol. The fourth-order valence-corrected chi connectivity index (χ4v) is 3.04. The van der Waals surface area contributed by atoms with E-state index in [9.17, 15) is 9.59 Å². The van der Waals surface area contributed by atoms with E-state index in [0.29, 0.717) is 40.9 Å². The first-order valence-electron chi connectivity index (χ1n) is 7.68. The van der Waals surface area contributed by atoms with Crippen LogP contribution in [0.3, 0.4) is 0 Å². The van der Waals surface area contributed by atoms with Gasteiger partial charge in [-0.3, -0.25) is 9.69 Å². The number of fused-ring (bicyclic) bond motifs is 1. The van der Waals surface area contributed by atoms with E-state index in [4.69, 9.17) is 21.1 Å². The third kappa shape index (κ3) is 2.94. The Morgan fingerprint density at radius 1 is 1.24 bits per heavy atom. The highest BCUT2D eigenvalue weighted by Crippen LogP contribution is 2.39. The Labute approximate surface area is 148 Å². The van der Waals surface area contributed by atoms with Crippen LogP contribution in [-0.2, 0) is 0 Å². The molecule has 4 rings (SSSR count). The molecule has 25 heavy (non-hydrogen) atoms. The molecule has 0 aliphatic carbocycles. The fourth-order valence-electron chi connectivity index (χ4n) is 2.77. The van der Waals surface area contributed by atoms with E-state index in [1.54, 1.807) is 29.2 Å². The lowest BCUT2D eigenvalue weighted by molar-refractivity contribution is 0.102. The van der Waals surface area contributed by atoms with Gasteiger partial charge in [-0.05, 0) is 30.3 Å². The number of halogens is 1. The zero-order valence-electron chi connectivity index (χ0n) is 13.0. The van der Waals surface area contributed by atoms with E-state index < -0.39 is 0 Å². The molecular formula is C17H14ClN3O4. The third-order valence-electron chi connectivity index (χ3n) is 3.96. The first-order chi connectivity index (χ1) is 12.1. The molecule has 2 aliphatic rings. The van der Waals surface area contributed by atoms with Crippen molar-refractivity contribution in [3.05, 3.63) is 47.0 Å². The smallest absolute Gasteiger partial charge is 0.321 e. The minimum absolute atomic E-state index is 0.0834. The van der Waals surface area contributed by atoms with Crippen LogP contribution in [0.15, 0.2) is 36.4 Å². The molecule has 7 nitrogen and oxygen atoms in total. The van der Waals surface area contributed by atoms with Crippen LogP contribution in [0.2, 0.25) is 5.02 Å². The molecule has 8 heteroatoms. The first-order valence-corrected chi connectivity index (χ1v) is 8.05. The summed E-state index contributed by atoms with van der Waals surface area (Å²) < 4.78 is 10.5. The molecule has 0 saturated carbocycles. The van der Waals surface area contributed by atoms with Gasteiger partial charge in [0, 0.05) is 30.0 Å². The standard InChI is InChI=1S/C17H14ClN3O4/c18-13-6-10(7-14-15(13)25-9-24-14)16(22)20-11-2-1-3-12(8-11)21-5-4-19-17(21)23/h1-3,6-8H,4-5,9H2,(H,19,23)(H,20,22). The lowest BCUT2D eigenvalue weighted by Gasteiger charge is -2.15. The fraction of sp³-hybridized carbons (Fsp3) is 0.176. The van der Waals surface area contributed by atoms with E-state index in [1.165, 1.54) is 6.07 Å². The Hall–Kier alpha value is -2.93. The van der Waals surface area contributed by atoms with Crippen LogP contribution in [0.5, 0.6) is 11.5 Å². The van der Waals surface area contributed by atoms with Gasteiger partial charge in [-0.25, -0.2) is 4.79 Å². The minimum Gasteiger partial charge on any atom is -0.454 e. The van der Waals surface area contributed by atoms with Crippen molar-refractivity contribution in [2.45, 2.75) is 0 Å². The van der Waals surface area contributed by atoms with Gasteiger partial charge in [0.05, 0.1) is 5.02 Å². The number of amides is 3. The highest BCUT2D eigenvalue weighted by Gasteiger charge is 2.22. The number of nitrogens with zero attached hydrogens (tertiary/aromatic N) is 1. The second-order valence-corrected chi connectivity index (χ2v) is 5.99. The van der Waals surface area contributed by atoms with Crippen molar-refractivity contribution in [1.29, 1.82) is 0 Å². The highest BCUT2D eigenvalue weighted by atomic mass is 35.5. The number of urea groups is 1. The van der Waals surface area contributed by atoms with Crippen LogP contribution >= 0.6 is 11.6 Å². The van der Waals surface area contributed by atoms with Gasteiger partial charge in [-0.1, -0.05) is 17.7 Å². The summed E-state index contributed by atoms with van der Waals surface area (Å²) in [6, 6.07) is 10.1. The van der Waals surface area contributed by atoms with Gasteiger partial charge in [-0.15, -0.1) is 0 Å². The largest absolute Gasteiger partial charge is 0.454 e. The van der Waals surface area contributed by atoms with Crippen LogP contribution in [0.25, 0.3) is 0 Å².